The molecule has 0 heterocycles. The summed E-state index contributed by atoms with van der Waals surface area (Å²) in [6.45, 7) is 4.00. The Morgan fingerprint density at radius 3 is 2.38 bits per heavy atom. The molecule has 0 bridgehead atoms. The van der Waals surface area contributed by atoms with Gasteiger partial charge in [-0.05, 0) is 12.0 Å². The van der Waals surface area contributed by atoms with Gasteiger partial charge in [-0.1, -0.05) is 13.8 Å². The van der Waals surface area contributed by atoms with Crippen LogP contribution in [0.3, 0.4) is 0 Å². The van der Waals surface area contributed by atoms with E-state index in [2.05, 4.69) is 0 Å². The Morgan fingerprint density at radius 2 is 2.08 bits per heavy atom. The predicted molar refractivity (Wildman–Crippen MR) is 46.6 cm³/mol. The van der Waals surface area contributed by atoms with Crippen molar-refractivity contribution in [3.05, 3.63) is 0 Å². The molecule has 0 unspecified atom stereocenters. The number of nitrogens with two attached hydrogens (primary N) is 1. The molecule has 0 rings (SSSR count). The van der Waals surface area contributed by atoms with Gasteiger partial charge in [0.05, 0.1) is 5.73 Å². The average Bonchev–Trinajstić information content (AvgIpc) is 1.84. The third kappa shape index (κ3) is 8.92. The molecule has 0 aromatic rings. The molecule has 0 aliphatic rings. The molecule has 0 aromatic heterocycles. The van der Waals surface area contributed by atoms with Crippen molar-refractivity contribution < 1.29 is 44.6 Å². The Hall–Kier alpha value is 0.607. The van der Waals surface area contributed by atoms with Crippen LogP contribution in [0.4, 0.5) is 0 Å². The number of carbonyl (C=O) groups excluding carboxylic acids is 1. The van der Waals surface area contributed by atoms with E-state index in [1.165, 1.54) is 0 Å². The van der Waals surface area contributed by atoms with E-state index in [-0.39, 0.29) is 36.0 Å². The largest absolute Gasteiger partial charge is 1.00 e. The van der Waals surface area contributed by atoms with Crippen LogP contribution in [0, 0.1) is 5.92 Å². The van der Waals surface area contributed by atoms with E-state index < -0.39 is 20.7 Å². The van der Waals surface area contributed by atoms with E-state index in [1.54, 1.807) is 0 Å². The number of carbonyl (C=O) groups is 1. The van der Waals surface area contributed by atoms with Gasteiger partial charge in [-0.2, -0.15) is 0 Å². The van der Waals surface area contributed by atoms with Crippen LogP contribution < -0.4 is 40.1 Å². The maximum Gasteiger partial charge on any atom is 1.00 e. The standard InChI is InChI=1S/C7H17NO3Si.Na/c1-5(2)4-12(8)7(11)3-6(9)10;/h5,7,11-12H,3-4,8H2,1-2H3,(H,9,10);/q;+1/p-1/t7-,12+;/m1./s1. The molecular formula is C7H16NNaO3Si. The second kappa shape index (κ2) is 7.96. The summed E-state index contributed by atoms with van der Waals surface area (Å²) in [5.41, 5.74) is -0.850. The zero-order chi connectivity index (χ0) is 9.72. The second-order valence-corrected chi connectivity index (χ2v) is 6.01. The fourth-order valence-corrected chi connectivity index (χ4v) is 2.92. The van der Waals surface area contributed by atoms with Crippen LogP contribution in [0.2, 0.25) is 6.04 Å². The molecule has 0 saturated carbocycles. The molecule has 0 radical (unpaired) electrons. The smallest absolute Gasteiger partial charge is 0.550 e. The Labute approximate surface area is 102 Å². The molecule has 0 saturated heterocycles. The topological polar surface area (TPSA) is 86.4 Å². The molecule has 72 valence electrons. The summed E-state index contributed by atoms with van der Waals surface area (Å²) in [5, 5.41) is 25.0. The molecule has 0 aliphatic carbocycles. The molecular weight excluding hydrogens is 197 g/mol. The predicted octanol–water partition coefficient (Wildman–Crippen LogP) is -4.63. The number of hydrogen-bond acceptors (Lipinski definition) is 4. The van der Waals surface area contributed by atoms with Crippen molar-refractivity contribution in [2.24, 2.45) is 11.3 Å². The first-order valence-corrected chi connectivity index (χ1v) is 6.22. The SMILES string of the molecule is CC(C)C[Si@H](N)[C@@H](O)CC(=O)[O-].[Na+]. The third-order valence-electron chi connectivity index (χ3n) is 1.61. The van der Waals surface area contributed by atoms with Crippen LogP contribution >= 0.6 is 0 Å². The van der Waals surface area contributed by atoms with E-state index in [9.17, 15) is 15.0 Å². The van der Waals surface area contributed by atoms with Gasteiger partial charge >= 0.3 is 29.6 Å². The zero-order valence-corrected chi connectivity index (χ0v) is 11.6. The Bertz CT molecular complexity index is 157. The third-order valence-corrected chi connectivity index (χ3v) is 4.32. The van der Waals surface area contributed by atoms with Crippen LogP contribution in [0.1, 0.15) is 20.3 Å². The van der Waals surface area contributed by atoms with Crippen molar-refractivity contribution in [1.82, 2.24) is 0 Å². The summed E-state index contributed by atoms with van der Waals surface area (Å²) in [6, 6.07) is 0.758. The molecule has 0 aliphatic heterocycles. The summed E-state index contributed by atoms with van der Waals surface area (Å²) >= 11 is 0. The van der Waals surface area contributed by atoms with E-state index >= 15 is 0 Å². The Kier molecular flexibility index (Phi) is 9.83. The zero-order valence-electron chi connectivity index (χ0n) is 8.49. The van der Waals surface area contributed by atoms with E-state index in [0.29, 0.717) is 5.92 Å². The summed E-state index contributed by atoms with van der Waals surface area (Å²) in [4.78, 5) is 10.1. The first kappa shape index (κ1) is 16.1. The van der Waals surface area contributed by atoms with Gasteiger partial charge in [0.1, 0.15) is 8.96 Å². The van der Waals surface area contributed by atoms with Gasteiger partial charge in [0.15, 0.2) is 0 Å². The first-order valence-electron chi connectivity index (χ1n) is 4.07. The number of aliphatic hydroxyl groups excluding tert-OH is 1. The molecule has 0 aromatic carbocycles. The van der Waals surface area contributed by atoms with Gasteiger partial charge in [0.25, 0.3) is 0 Å². The number of carboxylic acid groups (broad SMARTS) is 1. The average molecular weight is 213 g/mol. The first-order chi connectivity index (χ1) is 5.43. The van der Waals surface area contributed by atoms with E-state index in [0.717, 1.165) is 6.04 Å². The molecule has 3 N–H and O–H groups in total. The van der Waals surface area contributed by atoms with Crippen LogP contribution in [-0.4, -0.2) is 25.8 Å². The molecule has 13 heavy (non-hydrogen) atoms. The fraction of sp³-hybridized carbons (Fsp3) is 0.857. The van der Waals surface area contributed by atoms with E-state index in [4.69, 9.17) is 5.40 Å². The summed E-state index contributed by atoms with van der Waals surface area (Å²) in [5.74, 6) is -0.808. The normalized spacial score (nSPS) is 14.8. The van der Waals surface area contributed by atoms with Crippen molar-refractivity contribution in [3.8, 4) is 0 Å². The summed E-state index contributed by atoms with van der Waals surface area (Å²) in [7, 11) is -1.78. The van der Waals surface area contributed by atoms with Gasteiger partial charge in [0.2, 0.25) is 0 Å². The van der Waals surface area contributed by atoms with Crippen LogP contribution in [-0.2, 0) is 4.79 Å². The Morgan fingerprint density at radius 1 is 1.62 bits per heavy atom. The van der Waals surface area contributed by atoms with E-state index in [1.807, 2.05) is 13.8 Å². The van der Waals surface area contributed by atoms with Crippen LogP contribution in [0.5, 0.6) is 0 Å². The van der Waals surface area contributed by atoms with Gasteiger partial charge in [-0.25, -0.2) is 0 Å². The van der Waals surface area contributed by atoms with Gasteiger partial charge in [0, 0.05) is 12.4 Å². The molecule has 0 fully saturated rings. The Balaban J connectivity index is 0. The number of rotatable bonds is 5. The fourth-order valence-electron chi connectivity index (χ4n) is 1.02. The van der Waals surface area contributed by atoms with Crippen molar-refractivity contribution in [2.45, 2.75) is 32.0 Å². The molecule has 4 nitrogen and oxygen atoms in total. The van der Waals surface area contributed by atoms with Gasteiger partial charge in [-0.15, -0.1) is 0 Å². The van der Waals surface area contributed by atoms with Crippen molar-refractivity contribution in [1.29, 1.82) is 0 Å². The summed E-state index contributed by atoms with van der Waals surface area (Å²) < 4.78 is 0. The number of hydrogen-bond donors (Lipinski definition) is 2. The molecule has 0 spiro atoms. The maximum absolute atomic E-state index is 10.1. The van der Waals surface area contributed by atoms with Gasteiger partial charge in [-0.3, -0.25) is 0 Å². The van der Waals surface area contributed by atoms with Crippen molar-refractivity contribution in [3.63, 3.8) is 0 Å². The number of carboxylic acids is 1. The van der Waals surface area contributed by atoms with Crippen LogP contribution in [0.15, 0.2) is 0 Å². The molecule has 0 amide bonds. The van der Waals surface area contributed by atoms with Crippen LogP contribution in [0.25, 0.3) is 0 Å². The second-order valence-electron chi connectivity index (χ2n) is 3.44. The monoisotopic (exact) mass is 213 g/mol. The minimum Gasteiger partial charge on any atom is -0.550 e. The van der Waals surface area contributed by atoms with Gasteiger partial charge < -0.3 is 20.4 Å². The molecule has 2 atom stereocenters. The quantitative estimate of drug-likeness (QED) is 0.450. The number of aliphatic hydroxyl groups is 1. The number of aliphatic carboxylic acids is 1. The van der Waals surface area contributed by atoms with Crippen molar-refractivity contribution >= 4 is 14.9 Å². The minimum atomic E-state index is -1.78. The minimum absolute atomic E-state index is 0. The maximum atomic E-state index is 10.1. The molecule has 6 heteroatoms. The van der Waals surface area contributed by atoms with Crippen molar-refractivity contribution in [2.75, 3.05) is 0 Å². The summed E-state index contributed by atoms with van der Waals surface area (Å²) in [6.07, 6.45) is -0.319.